The molecule has 1 saturated carbocycles. The Labute approximate surface area is 157 Å². The van der Waals surface area contributed by atoms with E-state index in [9.17, 15) is 22.0 Å². The molecule has 0 spiro atoms. The number of aryl methyl sites for hydroxylation is 2. The van der Waals surface area contributed by atoms with Crippen LogP contribution in [0.4, 0.5) is 14.5 Å². The lowest BCUT2D eigenvalue weighted by Crippen LogP contribution is -2.27. The van der Waals surface area contributed by atoms with Gasteiger partial charge in [-0.2, -0.15) is 0 Å². The standard InChI is InChI=1S/C19H22F2N2O3S/c1-11-5-6-12(14(20)7-11)8-13-15(10-23(4)18(24)17(13)21)22-27(25,26)16-9-19(16,2)3/h5-7,10,16,22H,8-9H2,1-4H3. The minimum atomic E-state index is -3.75. The zero-order chi connectivity index (χ0) is 20.1. The number of pyridine rings is 1. The minimum absolute atomic E-state index is 0.0442. The number of halogens is 2. The molecular weight excluding hydrogens is 374 g/mol. The molecule has 1 aliphatic carbocycles. The van der Waals surface area contributed by atoms with Gasteiger partial charge < -0.3 is 4.57 Å². The van der Waals surface area contributed by atoms with Crippen molar-refractivity contribution in [3.8, 4) is 0 Å². The molecule has 0 saturated heterocycles. The van der Waals surface area contributed by atoms with Crippen molar-refractivity contribution >= 4 is 15.7 Å². The molecule has 1 aromatic heterocycles. The first-order chi connectivity index (χ1) is 12.4. The molecule has 0 bridgehead atoms. The van der Waals surface area contributed by atoms with Gasteiger partial charge in [0, 0.05) is 25.2 Å². The molecule has 3 rings (SSSR count). The lowest BCUT2D eigenvalue weighted by molar-refractivity contribution is 0.572. The monoisotopic (exact) mass is 396 g/mol. The maximum Gasteiger partial charge on any atom is 0.286 e. The second-order valence-electron chi connectivity index (χ2n) is 7.85. The molecule has 27 heavy (non-hydrogen) atoms. The SMILES string of the molecule is Cc1ccc(Cc2c(NS(=O)(=O)C3CC3(C)C)cn(C)c(=O)c2F)c(F)c1. The maximum atomic E-state index is 14.7. The van der Waals surface area contributed by atoms with Gasteiger partial charge in [0.15, 0.2) is 5.82 Å². The number of sulfonamides is 1. The third-order valence-electron chi connectivity index (χ3n) is 5.05. The minimum Gasteiger partial charge on any atom is -0.314 e. The summed E-state index contributed by atoms with van der Waals surface area (Å²) in [5, 5.41) is -0.589. The van der Waals surface area contributed by atoms with Crippen LogP contribution in [-0.4, -0.2) is 18.2 Å². The molecule has 1 aromatic carbocycles. The Morgan fingerprint density at radius 1 is 1.30 bits per heavy atom. The average molecular weight is 396 g/mol. The molecule has 1 heterocycles. The lowest BCUT2D eigenvalue weighted by Gasteiger charge is -2.16. The van der Waals surface area contributed by atoms with E-state index in [0.717, 1.165) is 4.57 Å². The van der Waals surface area contributed by atoms with Gasteiger partial charge in [0.1, 0.15) is 5.82 Å². The summed E-state index contributed by atoms with van der Waals surface area (Å²) < 4.78 is 57.5. The molecule has 5 nitrogen and oxygen atoms in total. The Kier molecular flexibility index (Phi) is 4.66. The number of anilines is 1. The molecular formula is C19H22F2N2O3S. The maximum absolute atomic E-state index is 14.7. The van der Waals surface area contributed by atoms with Crippen LogP contribution in [0, 0.1) is 24.0 Å². The molecule has 1 unspecified atom stereocenters. The Balaban J connectivity index is 2.05. The zero-order valence-electron chi connectivity index (χ0n) is 15.6. The third-order valence-corrected chi connectivity index (χ3v) is 7.10. The number of benzene rings is 1. The molecule has 0 aliphatic heterocycles. The third kappa shape index (κ3) is 3.76. The van der Waals surface area contributed by atoms with Gasteiger partial charge in [-0.15, -0.1) is 0 Å². The van der Waals surface area contributed by atoms with E-state index in [1.807, 2.05) is 13.8 Å². The van der Waals surface area contributed by atoms with Crippen LogP contribution in [0.5, 0.6) is 0 Å². The van der Waals surface area contributed by atoms with E-state index < -0.39 is 32.5 Å². The molecule has 1 aliphatic rings. The van der Waals surface area contributed by atoms with Crippen molar-refractivity contribution in [1.82, 2.24) is 4.57 Å². The summed E-state index contributed by atoms with van der Waals surface area (Å²) in [6.07, 6.45) is 1.50. The molecule has 146 valence electrons. The van der Waals surface area contributed by atoms with Crippen molar-refractivity contribution in [3.63, 3.8) is 0 Å². The predicted molar refractivity (Wildman–Crippen MR) is 100 cm³/mol. The van der Waals surface area contributed by atoms with Gasteiger partial charge in [0.2, 0.25) is 10.0 Å². The number of nitrogens with one attached hydrogen (secondary N) is 1. The number of hydrogen-bond donors (Lipinski definition) is 1. The summed E-state index contributed by atoms with van der Waals surface area (Å²) in [7, 11) is -2.42. The topological polar surface area (TPSA) is 68.2 Å². The van der Waals surface area contributed by atoms with Gasteiger partial charge >= 0.3 is 0 Å². The first-order valence-electron chi connectivity index (χ1n) is 8.57. The van der Waals surface area contributed by atoms with E-state index in [-0.39, 0.29) is 28.7 Å². The summed E-state index contributed by atoms with van der Waals surface area (Å²) in [5.74, 6) is -1.63. The molecule has 0 amide bonds. The van der Waals surface area contributed by atoms with Crippen molar-refractivity contribution in [2.75, 3.05) is 4.72 Å². The van der Waals surface area contributed by atoms with Crippen LogP contribution in [0.2, 0.25) is 0 Å². The van der Waals surface area contributed by atoms with E-state index in [0.29, 0.717) is 12.0 Å². The van der Waals surface area contributed by atoms with Crippen LogP contribution in [-0.2, 0) is 23.5 Å². The number of hydrogen-bond acceptors (Lipinski definition) is 3. The summed E-state index contributed by atoms with van der Waals surface area (Å²) in [6, 6.07) is 4.49. The van der Waals surface area contributed by atoms with E-state index in [1.165, 1.54) is 25.4 Å². The molecule has 0 radical (unpaired) electrons. The van der Waals surface area contributed by atoms with Gasteiger partial charge in [-0.3, -0.25) is 9.52 Å². The number of aromatic nitrogens is 1. The highest BCUT2D eigenvalue weighted by Gasteiger charge is 2.54. The summed E-state index contributed by atoms with van der Waals surface area (Å²) in [5.41, 5.74) is -0.571. The first kappa shape index (κ1) is 19.5. The van der Waals surface area contributed by atoms with Gasteiger partial charge in [-0.1, -0.05) is 26.0 Å². The van der Waals surface area contributed by atoms with Crippen LogP contribution in [0.3, 0.4) is 0 Å². The smallest absolute Gasteiger partial charge is 0.286 e. The van der Waals surface area contributed by atoms with Crippen molar-refractivity contribution < 1.29 is 17.2 Å². The highest BCUT2D eigenvalue weighted by atomic mass is 32.2. The van der Waals surface area contributed by atoms with E-state index in [4.69, 9.17) is 0 Å². The summed E-state index contributed by atoms with van der Waals surface area (Å²) in [4.78, 5) is 12.0. The predicted octanol–water partition coefficient (Wildman–Crippen LogP) is 3.10. The van der Waals surface area contributed by atoms with E-state index >= 15 is 0 Å². The fourth-order valence-electron chi connectivity index (χ4n) is 3.15. The van der Waals surface area contributed by atoms with Crippen LogP contribution in [0.15, 0.2) is 29.2 Å². The van der Waals surface area contributed by atoms with Gasteiger partial charge in [0.05, 0.1) is 10.9 Å². The normalized spacial score (nSPS) is 18.4. The summed E-state index contributed by atoms with van der Waals surface area (Å²) >= 11 is 0. The lowest BCUT2D eigenvalue weighted by atomic mass is 10.0. The van der Waals surface area contributed by atoms with Crippen LogP contribution in [0.25, 0.3) is 0 Å². The van der Waals surface area contributed by atoms with E-state index in [1.54, 1.807) is 13.0 Å². The molecule has 1 fully saturated rings. The highest BCUT2D eigenvalue weighted by molar-refractivity contribution is 7.93. The van der Waals surface area contributed by atoms with Crippen molar-refractivity contribution in [2.24, 2.45) is 12.5 Å². The second-order valence-corrected chi connectivity index (χ2v) is 9.71. The number of nitrogens with zero attached hydrogens (tertiary/aromatic N) is 1. The van der Waals surface area contributed by atoms with Gasteiger partial charge in [0.25, 0.3) is 5.56 Å². The van der Waals surface area contributed by atoms with Crippen LogP contribution in [0.1, 0.15) is 37.0 Å². The second kappa shape index (κ2) is 6.44. The van der Waals surface area contributed by atoms with Crippen molar-refractivity contribution in [1.29, 1.82) is 0 Å². The Morgan fingerprint density at radius 2 is 1.93 bits per heavy atom. The number of rotatable bonds is 5. The molecule has 1 N–H and O–H groups in total. The van der Waals surface area contributed by atoms with Crippen molar-refractivity contribution in [2.45, 2.75) is 38.9 Å². The first-order valence-corrected chi connectivity index (χ1v) is 10.1. The van der Waals surface area contributed by atoms with E-state index in [2.05, 4.69) is 4.72 Å². The Hall–Kier alpha value is -2.22. The molecule has 1 atom stereocenters. The quantitative estimate of drug-likeness (QED) is 0.844. The van der Waals surface area contributed by atoms with Gasteiger partial charge in [-0.25, -0.2) is 17.2 Å². The highest BCUT2D eigenvalue weighted by Crippen LogP contribution is 2.50. The van der Waals surface area contributed by atoms with Gasteiger partial charge in [-0.05, 0) is 36.0 Å². The average Bonchev–Trinajstić information content (AvgIpc) is 3.21. The molecule has 8 heteroatoms. The summed E-state index contributed by atoms with van der Waals surface area (Å²) in [6.45, 7) is 5.39. The fraction of sp³-hybridized carbons (Fsp3) is 0.421. The van der Waals surface area contributed by atoms with Crippen LogP contribution < -0.4 is 10.3 Å². The zero-order valence-corrected chi connectivity index (χ0v) is 16.5. The van der Waals surface area contributed by atoms with Crippen LogP contribution >= 0.6 is 0 Å². The Bertz CT molecular complexity index is 1080. The largest absolute Gasteiger partial charge is 0.314 e. The molecule has 2 aromatic rings. The Morgan fingerprint density at radius 3 is 2.48 bits per heavy atom. The fourth-order valence-corrected chi connectivity index (χ4v) is 5.27. The van der Waals surface area contributed by atoms with Crippen molar-refractivity contribution in [3.05, 3.63) is 63.1 Å².